The summed E-state index contributed by atoms with van der Waals surface area (Å²) >= 11 is 0. The van der Waals surface area contributed by atoms with E-state index in [1.807, 2.05) is 25.1 Å². The zero-order valence-corrected chi connectivity index (χ0v) is 13.5. The Morgan fingerprint density at radius 1 is 1.24 bits per heavy atom. The van der Waals surface area contributed by atoms with Gasteiger partial charge in [-0.2, -0.15) is 5.10 Å². The third-order valence-corrected chi connectivity index (χ3v) is 2.96. The van der Waals surface area contributed by atoms with Crippen molar-refractivity contribution in [3.05, 3.63) is 29.7 Å². The molecule has 114 valence electrons. The van der Waals surface area contributed by atoms with Crippen molar-refractivity contribution in [1.29, 1.82) is 0 Å². The summed E-state index contributed by atoms with van der Waals surface area (Å²) in [6.07, 6.45) is 0.817. The number of hydrogen-bond acceptors (Lipinski definition) is 4. The number of aliphatic hydroxyl groups is 1. The molecule has 1 N–H and O–H groups in total. The number of nitrogens with zero attached hydrogens (tertiary/aromatic N) is 4. The van der Waals surface area contributed by atoms with Crippen LogP contribution in [0.5, 0.6) is 0 Å². The SMILES string of the molecule is Cc1cccc(-c2nc(CC(C)C)nn2CC(C)(C)O)n1. The molecule has 5 nitrogen and oxygen atoms in total. The molecule has 0 aliphatic carbocycles. The van der Waals surface area contributed by atoms with Crippen LogP contribution in [0.15, 0.2) is 18.2 Å². The minimum atomic E-state index is -0.846. The highest BCUT2D eigenvalue weighted by Crippen LogP contribution is 2.19. The van der Waals surface area contributed by atoms with Gasteiger partial charge in [-0.1, -0.05) is 19.9 Å². The third-order valence-electron chi connectivity index (χ3n) is 2.96. The van der Waals surface area contributed by atoms with E-state index in [2.05, 4.69) is 28.9 Å². The van der Waals surface area contributed by atoms with Crippen LogP contribution in [0.3, 0.4) is 0 Å². The first-order chi connectivity index (χ1) is 9.74. The average molecular weight is 288 g/mol. The second-order valence-corrected chi connectivity index (χ2v) is 6.58. The number of rotatable bonds is 5. The van der Waals surface area contributed by atoms with Crippen molar-refractivity contribution in [1.82, 2.24) is 19.7 Å². The average Bonchev–Trinajstić information content (AvgIpc) is 2.68. The Labute approximate surface area is 126 Å². The topological polar surface area (TPSA) is 63.8 Å². The number of hydrogen-bond donors (Lipinski definition) is 1. The molecule has 2 aromatic heterocycles. The van der Waals surface area contributed by atoms with Gasteiger partial charge in [0.05, 0.1) is 12.1 Å². The van der Waals surface area contributed by atoms with E-state index < -0.39 is 5.60 Å². The van der Waals surface area contributed by atoms with Crippen molar-refractivity contribution in [3.8, 4) is 11.5 Å². The van der Waals surface area contributed by atoms with E-state index in [1.165, 1.54) is 0 Å². The van der Waals surface area contributed by atoms with Crippen LogP contribution in [0, 0.1) is 12.8 Å². The van der Waals surface area contributed by atoms with Gasteiger partial charge >= 0.3 is 0 Å². The van der Waals surface area contributed by atoms with Crippen LogP contribution < -0.4 is 0 Å². The molecule has 0 aliphatic heterocycles. The van der Waals surface area contributed by atoms with E-state index in [9.17, 15) is 5.11 Å². The first-order valence-corrected chi connectivity index (χ1v) is 7.35. The summed E-state index contributed by atoms with van der Waals surface area (Å²) in [5.41, 5.74) is 0.888. The van der Waals surface area contributed by atoms with Gasteiger partial charge < -0.3 is 5.11 Å². The van der Waals surface area contributed by atoms with Crippen LogP contribution in [-0.4, -0.2) is 30.5 Å². The van der Waals surface area contributed by atoms with Crippen molar-refractivity contribution in [2.75, 3.05) is 0 Å². The van der Waals surface area contributed by atoms with Crippen molar-refractivity contribution >= 4 is 0 Å². The largest absolute Gasteiger partial charge is 0.389 e. The fourth-order valence-corrected chi connectivity index (χ4v) is 2.17. The van der Waals surface area contributed by atoms with Crippen LogP contribution in [0.4, 0.5) is 0 Å². The fraction of sp³-hybridized carbons (Fsp3) is 0.562. The van der Waals surface area contributed by atoms with Gasteiger partial charge in [0.15, 0.2) is 11.6 Å². The van der Waals surface area contributed by atoms with Crippen LogP contribution in [-0.2, 0) is 13.0 Å². The monoisotopic (exact) mass is 288 g/mol. The standard InChI is InChI=1S/C16H24N4O/c1-11(2)9-14-18-15(13-8-6-7-12(3)17-13)20(19-14)10-16(4,5)21/h6-8,11,21H,9-10H2,1-5H3. The highest BCUT2D eigenvalue weighted by atomic mass is 16.3. The zero-order valence-electron chi connectivity index (χ0n) is 13.5. The minimum Gasteiger partial charge on any atom is -0.389 e. The highest BCUT2D eigenvalue weighted by molar-refractivity contribution is 5.49. The lowest BCUT2D eigenvalue weighted by atomic mass is 10.1. The molecule has 0 saturated carbocycles. The normalized spacial score (nSPS) is 12.1. The van der Waals surface area contributed by atoms with E-state index >= 15 is 0 Å². The molecular weight excluding hydrogens is 264 g/mol. The Morgan fingerprint density at radius 2 is 1.95 bits per heavy atom. The lowest BCUT2D eigenvalue weighted by Gasteiger charge is -2.17. The van der Waals surface area contributed by atoms with Gasteiger partial charge in [-0.25, -0.2) is 14.6 Å². The molecule has 0 unspecified atom stereocenters. The second kappa shape index (κ2) is 5.93. The molecule has 0 radical (unpaired) electrons. The Balaban J connectivity index is 2.44. The van der Waals surface area contributed by atoms with Gasteiger partial charge in [-0.05, 0) is 38.8 Å². The summed E-state index contributed by atoms with van der Waals surface area (Å²) in [5.74, 6) is 2.00. The van der Waals surface area contributed by atoms with Gasteiger partial charge in [0, 0.05) is 12.1 Å². The van der Waals surface area contributed by atoms with E-state index in [0.29, 0.717) is 12.5 Å². The fourth-order valence-electron chi connectivity index (χ4n) is 2.17. The lowest BCUT2D eigenvalue weighted by molar-refractivity contribution is 0.0580. The molecule has 0 atom stereocenters. The van der Waals surface area contributed by atoms with Crippen LogP contribution in [0.1, 0.15) is 39.2 Å². The van der Waals surface area contributed by atoms with Gasteiger partial charge in [0.25, 0.3) is 0 Å². The summed E-state index contributed by atoms with van der Waals surface area (Å²) in [6.45, 7) is 10.2. The zero-order chi connectivity index (χ0) is 15.6. The summed E-state index contributed by atoms with van der Waals surface area (Å²) in [4.78, 5) is 9.15. The summed E-state index contributed by atoms with van der Waals surface area (Å²) in [7, 11) is 0. The van der Waals surface area contributed by atoms with E-state index in [-0.39, 0.29) is 0 Å². The Morgan fingerprint density at radius 3 is 2.52 bits per heavy atom. The summed E-state index contributed by atoms with van der Waals surface area (Å²) in [6, 6.07) is 5.84. The van der Waals surface area contributed by atoms with E-state index in [0.717, 1.165) is 29.5 Å². The van der Waals surface area contributed by atoms with Crippen LogP contribution in [0.2, 0.25) is 0 Å². The maximum Gasteiger partial charge on any atom is 0.177 e. The molecule has 0 spiro atoms. The smallest absolute Gasteiger partial charge is 0.177 e. The first-order valence-electron chi connectivity index (χ1n) is 7.35. The predicted molar refractivity (Wildman–Crippen MR) is 82.8 cm³/mol. The van der Waals surface area contributed by atoms with Crippen LogP contribution >= 0.6 is 0 Å². The molecule has 0 amide bonds. The molecule has 5 heteroatoms. The molecule has 2 rings (SSSR count). The third kappa shape index (κ3) is 4.36. The van der Waals surface area contributed by atoms with Gasteiger partial charge in [0.1, 0.15) is 5.69 Å². The van der Waals surface area contributed by atoms with Crippen molar-refractivity contribution < 1.29 is 5.11 Å². The maximum atomic E-state index is 10.1. The molecule has 2 heterocycles. The van der Waals surface area contributed by atoms with Gasteiger partial charge in [-0.3, -0.25) is 0 Å². The van der Waals surface area contributed by atoms with Crippen molar-refractivity contribution in [2.24, 2.45) is 5.92 Å². The molecule has 0 aliphatic rings. The van der Waals surface area contributed by atoms with Gasteiger partial charge in [0.2, 0.25) is 0 Å². The maximum absolute atomic E-state index is 10.1. The van der Waals surface area contributed by atoms with E-state index in [4.69, 9.17) is 0 Å². The number of aryl methyl sites for hydroxylation is 1. The van der Waals surface area contributed by atoms with Crippen molar-refractivity contribution in [3.63, 3.8) is 0 Å². The summed E-state index contributed by atoms with van der Waals surface area (Å²) < 4.78 is 1.76. The van der Waals surface area contributed by atoms with Crippen LogP contribution in [0.25, 0.3) is 11.5 Å². The Hall–Kier alpha value is -1.75. The van der Waals surface area contributed by atoms with E-state index in [1.54, 1.807) is 18.5 Å². The molecule has 0 saturated heterocycles. The minimum absolute atomic E-state index is 0.392. The molecule has 0 aromatic carbocycles. The lowest BCUT2D eigenvalue weighted by Crippen LogP contribution is -2.27. The molecular formula is C16H24N4O. The quantitative estimate of drug-likeness (QED) is 0.918. The Kier molecular flexibility index (Phi) is 4.42. The molecule has 0 fully saturated rings. The van der Waals surface area contributed by atoms with Crippen molar-refractivity contribution in [2.45, 2.75) is 53.2 Å². The Bertz CT molecular complexity index is 611. The predicted octanol–water partition coefficient (Wildman–Crippen LogP) is 2.62. The molecule has 21 heavy (non-hydrogen) atoms. The molecule has 2 aromatic rings. The first kappa shape index (κ1) is 15.6. The van der Waals surface area contributed by atoms with Gasteiger partial charge in [-0.15, -0.1) is 0 Å². The highest BCUT2D eigenvalue weighted by Gasteiger charge is 2.20. The number of pyridine rings is 1. The molecule has 0 bridgehead atoms. The number of aromatic nitrogens is 4. The summed E-state index contributed by atoms with van der Waals surface area (Å²) in [5, 5.41) is 14.6. The second-order valence-electron chi connectivity index (χ2n) is 6.58.